The number of aliphatic hydroxyl groups is 2. The van der Waals surface area contributed by atoms with E-state index in [1.165, 1.54) is 67.3 Å². The van der Waals surface area contributed by atoms with E-state index < -0.39 is 292 Å². The van der Waals surface area contributed by atoms with Crippen LogP contribution < -0.4 is 108 Å². The minimum Gasteiger partial charge on any atom is -0.508 e. The van der Waals surface area contributed by atoms with Gasteiger partial charge in [0.25, 0.3) is 0 Å². The summed E-state index contributed by atoms with van der Waals surface area (Å²) < 4.78 is 0. The molecule has 2 aromatic heterocycles. The van der Waals surface area contributed by atoms with Crippen LogP contribution in [0.5, 0.6) is 11.5 Å². The van der Waals surface area contributed by atoms with Crippen molar-refractivity contribution in [2.45, 2.75) is 253 Å². The molecule has 0 bridgehead atoms. The molecule has 17 atom stereocenters. The summed E-state index contributed by atoms with van der Waals surface area (Å²) in [5.41, 5.74) is 30.9. The second-order valence-electron chi connectivity index (χ2n) is 35.4. The van der Waals surface area contributed by atoms with Crippen LogP contribution in [0.2, 0.25) is 0 Å². The number of likely N-dealkylation sites (tertiary alicyclic amines) is 1. The van der Waals surface area contributed by atoms with Gasteiger partial charge in [0, 0.05) is 67.8 Å². The van der Waals surface area contributed by atoms with E-state index in [1.807, 2.05) is 10.6 Å². The number of nitrogens with zero attached hydrogens (tertiary/aromatic N) is 2. The highest BCUT2D eigenvalue weighted by Crippen LogP contribution is 2.24. The fraction of sp³-hybridized carbons (Fsp3) is 0.522. The maximum absolute atomic E-state index is 15.0. The molecule has 0 aliphatic carbocycles. The highest BCUT2D eigenvalue weighted by Gasteiger charge is 2.44. The number of primary amides is 1. The SMILES string of the molecule is CC[C@H](C)[C@H](NC(=O)[C@@H](N)Cc1cnc[nH]1)C(=O)N[C@@H](Cc1ccc(O)cc1)C(=O)N[C@@H](Cc1c[nH]c2ccccc12)C(=O)N[C@@H](CC(=O)O)C(=O)N[C@@H](CC(=O)O)C(=O)N[C@@H](CC(=O)O)C(=O)N[C@@H](CCCCN)C(=O)N[C@@H](CCCNC(=N)N)C(=O)N[C@@H](Cc1ccc(O)cc1)C(=O)N[C@@H](CC(N)=O)C(=O)N1CCC[C@H]1C(=O)N[C@@H](CO)C(=O)N[C@@H](CC(C)C)C(=O)N[C@@H](CCCCN)C(=O)N[C@@H](CO)C(=O)O. The predicted octanol–water partition coefficient (Wildman–Crippen LogP) is -7.34. The van der Waals surface area contributed by atoms with Crippen molar-refractivity contribution < 1.29 is 137 Å². The number of hydrogen-bond acceptors (Lipinski definition) is 29. The van der Waals surface area contributed by atoms with Gasteiger partial charge < -0.3 is 164 Å². The Morgan fingerprint density at radius 3 is 1.31 bits per heavy atom. The van der Waals surface area contributed by atoms with Crippen molar-refractivity contribution in [3.05, 3.63) is 114 Å². The first-order valence-electron chi connectivity index (χ1n) is 47.0. The van der Waals surface area contributed by atoms with Gasteiger partial charge in [-0.2, -0.15) is 0 Å². The number of aromatic hydroxyl groups is 2. The molecule has 0 spiro atoms. The van der Waals surface area contributed by atoms with E-state index in [1.54, 1.807) is 52.0 Å². The summed E-state index contributed by atoms with van der Waals surface area (Å²) in [4.78, 5) is 291. The summed E-state index contributed by atoms with van der Waals surface area (Å²) in [6, 6.07) is -11.3. The number of phenolic OH excluding ortho intramolecular Hbond substituents is 2. The first-order valence-corrected chi connectivity index (χ1v) is 47.0. The Morgan fingerprint density at radius 2 is 0.876 bits per heavy atom. The number of unbranched alkanes of at least 4 members (excludes halogenated alkanes) is 2. The number of aromatic amines is 2. The summed E-state index contributed by atoms with van der Waals surface area (Å²) in [5.74, 6) is -27.8. The average Bonchev–Trinajstić information content (AvgIpc) is 1.48. The molecule has 0 radical (unpaired) electrons. The molecule has 3 aromatic carbocycles. The van der Waals surface area contributed by atoms with Crippen LogP contribution >= 0.6 is 0 Å². The normalized spacial score (nSPS) is 15.5. The van der Waals surface area contributed by atoms with Crippen LogP contribution in [0.15, 0.2) is 91.5 Å². The number of carboxylic acids is 4. The highest BCUT2D eigenvalue weighted by molar-refractivity contribution is 6.03. The third-order valence-electron chi connectivity index (χ3n) is 23.5. The molecular formula is C92H133N25O28. The number of fused-ring (bicyclic) bond motifs is 1. The largest absolute Gasteiger partial charge is 0.508 e. The maximum Gasteiger partial charge on any atom is 0.328 e. The van der Waals surface area contributed by atoms with Crippen molar-refractivity contribution in [2.24, 2.45) is 40.5 Å². The molecule has 53 heteroatoms. The summed E-state index contributed by atoms with van der Waals surface area (Å²) in [6.07, 6.45) is -2.23. The van der Waals surface area contributed by atoms with Crippen LogP contribution in [0.4, 0.5) is 0 Å². The van der Waals surface area contributed by atoms with Gasteiger partial charge in [-0.1, -0.05) is 76.6 Å². The van der Waals surface area contributed by atoms with E-state index in [0.717, 1.165) is 4.90 Å². The number of guanidine groups is 1. The van der Waals surface area contributed by atoms with Crippen LogP contribution in [0, 0.1) is 17.2 Å². The van der Waals surface area contributed by atoms with Gasteiger partial charge in [0.2, 0.25) is 94.5 Å². The highest BCUT2D eigenvalue weighted by atomic mass is 16.4. The molecule has 794 valence electrons. The lowest BCUT2D eigenvalue weighted by Gasteiger charge is -2.31. The van der Waals surface area contributed by atoms with Gasteiger partial charge >= 0.3 is 23.9 Å². The molecule has 36 N–H and O–H groups in total. The fourth-order valence-electron chi connectivity index (χ4n) is 15.6. The first-order chi connectivity index (χ1) is 68.8. The zero-order valence-corrected chi connectivity index (χ0v) is 80.5. The zero-order valence-electron chi connectivity index (χ0n) is 80.5. The summed E-state index contributed by atoms with van der Waals surface area (Å²) in [6.45, 7) is 4.38. The van der Waals surface area contributed by atoms with Crippen molar-refractivity contribution >= 4 is 135 Å². The van der Waals surface area contributed by atoms with E-state index in [0.29, 0.717) is 40.6 Å². The van der Waals surface area contributed by atoms with Gasteiger partial charge in [0.05, 0.1) is 51.3 Å². The number of amides is 16. The molecule has 5 aromatic rings. The van der Waals surface area contributed by atoms with E-state index in [9.17, 15) is 122 Å². The lowest BCUT2D eigenvalue weighted by molar-refractivity contribution is -0.144. The second-order valence-corrected chi connectivity index (χ2v) is 35.4. The molecule has 53 nitrogen and oxygen atoms in total. The minimum absolute atomic E-state index is 0.0149. The molecule has 3 heterocycles. The number of benzene rings is 3. The van der Waals surface area contributed by atoms with Crippen LogP contribution in [0.25, 0.3) is 10.9 Å². The molecule has 145 heavy (non-hydrogen) atoms. The number of aliphatic hydroxyl groups excluding tert-OH is 2. The Kier molecular flexibility index (Phi) is 48.4. The summed E-state index contributed by atoms with van der Waals surface area (Å²) >= 11 is 0. The monoisotopic (exact) mass is 2040 g/mol. The standard InChI is InChI=1S/C92H133N25O28/c1-5-47(4)75(116-76(129)55(95)36-51-42-99-45-102-51)89(142)112-62(34-49-22-26-53(121)27-23-49)81(134)108-63(35-50-41-101-56-15-7-6-14-54(50)56)83(136)109-65(39-73(125)126)85(138)111-66(40-74(127)128)86(139)110-64(38-72(123)124)84(137)105-57(16-8-10-28-93)77(130)103-59(18-12-30-100-92(97)98)78(131)107-61(33-48-20-24-52(120)25-21-48)82(135)113-67(37-71(96)122)90(143)117-31-13-19-70(117)88(141)114-68(43-118)87(140)106-60(32-46(2)3)80(133)104-58(17-9-11-29-94)79(132)115-69(44-119)91(144)145/h6-7,14-15,20-27,41-42,45-47,55,57-70,75,101,118-121H,5,8-13,16-19,28-40,43-44,93-95H2,1-4H3,(H2,96,122)(H,99,102)(H,103,130)(H,104,133)(H,105,137)(H,106,140)(H,107,131)(H,108,134)(H,109,136)(H,110,139)(H,111,138)(H,112,142)(H,113,135)(H,114,141)(H,115,132)(H,116,129)(H,123,124)(H,125,126)(H,127,128)(H,144,145)(H4,97,98,100)/t47-,55-,57-,58-,59-,60-,61-,62-,63-,64-,65-,66-,67-,68-,69-,70-,75-/m0/s1. The van der Waals surface area contributed by atoms with E-state index >= 15 is 14.4 Å². The molecule has 1 aliphatic rings. The van der Waals surface area contributed by atoms with Crippen LogP contribution in [0.3, 0.4) is 0 Å². The Balaban J connectivity index is 1.25. The Labute approximate surface area is 831 Å². The Morgan fingerprint density at radius 1 is 0.462 bits per heavy atom. The molecular weight excluding hydrogens is 1900 g/mol. The van der Waals surface area contributed by atoms with E-state index in [4.69, 9.17) is 34.1 Å². The van der Waals surface area contributed by atoms with Crippen molar-refractivity contribution in [1.82, 2.24) is 99.6 Å². The number of hydrogen-bond donors (Lipinski definition) is 31. The number of phenols is 2. The van der Waals surface area contributed by atoms with Gasteiger partial charge in [-0.25, -0.2) is 9.78 Å². The zero-order chi connectivity index (χ0) is 107. The predicted molar refractivity (Wildman–Crippen MR) is 514 cm³/mol. The first kappa shape index (κ1) is 118. The summed E-state index contributed by atoms with van der Waals surface area (Å²) in [7, 11) is 0. The number of carboxylic acid groups (broad SMARTS) is 4. The number of nitrogens with one attached hydrogen (secondary N) is 18. The number of nitrogens with two attached hydrogens (primary N) is 5. The fourth-order valence-corrected chi connectivity index (χ4v) is 15.6. The molecule has 6 rings (SSSR count). The number of carbonyl (C=O) groups excluding carboxylic acids is 16. The Hall–Kier alpha value is -15.5. The van der Waals surface area contributed by atoms with Gasteiger partial charge in [0.15, 0.2) is 5.96 Å². The van der Waals surface area contributed by atoms with Gasteiger partial charge in [-0.15, -0.1) is 0 Å². The van der Waals surface area contributed by atoms with Crippen molar-refractivity contribution in [2.75, 3.05) is 39.4 Å². The maximum atomic E-state index is 15.0. The minimum atomic E-state index is -2.39. The van der Waals surface area contributed by atoms with Crippen molar-refractivity contribution in [1.29, 1.82) is 5.41 Å². The van der Waals surface area contributed by atoms with Gasteiger partial charge in [-0.3, -0.25) is 96.5 Å². The van der Waals surface area contributed by atoms with Gasteiger partial charge in [-0.05, 0) is 143 Å². The van der Waals surface area contributed by atoms with Crippen LogP contribution in [0.1, 0.15) is 153 Å². The topological polar surface area (TPSA) is 885 Å². The lowest BCUT2D eigenvalue weighted by Crippen LogP contribution is -2.62. The average molecular weight is 2040 g/mol. The molecule has 0 saturated carbocycles. The lowest BCUT2D eigenvalue weighted by atomic mass is 9.96. The number of carbonyl (C=O) groups is 20. The second kappa shape index (κ2) is 59.4. The Bertz CT molecular complexity index is 5300. The number of H-pyrrole nitrogens is 2. The van der Waals surface area contributed by atoms with Crippen molar-refractivity contribution in [3.63, 3.8) is 0 Å². The molecule has 16 amide bonds. The third kappa shape index (κ3) is 39.4. The van der Waals surface area contributed by atoms with Crippen LogP contribution in [-0.4, -0.2) is 321 Å². The third-order valence-corrected chi connectivity index (χ3v) is 23.5. The number of rotatable bonds is 64. The number of aliphatic carboxylic acids is 4. The number of para-hydroxylation sites is 1. The molecule has 1 saturated heterocycles. The molecule has 1 aliphatic heterocycles. The smallest absolute Gasteiger partial charge is 0.328 e. The quantitative estimate of drug-likeness (QED) is 0.00977. The van der Waals surface area contributed by atoms with Gasteiger partial charge in [0.1, 0.15) is 102 Å². The number of aromatic nitrogens is 3. The summed E-state index contributed by atoms with van der Waals surface area (Å²) in [5, 5.41) is 125. The van der Waals surface area contributed by atoms with Crippen LogP contribution in [-0.2, 0) is 122 Å². The van der Waals surface area contributed by atoms with E-state index in [-0.39, 0.29) is 113 Å². The number of imidazole rings is 1. The van der Waals surface area contributed by atoms with E-state index in [2.05, 4.69) is 84.1 Å². The van der Waals surface area contributed by atoms with Crippen molar-refractivity contribution in [3.8, 4) is 11.5 Å². The molecule has 1 fully saturated rings. The molecule has 0 unspecified atom stereocenters.